The molecule has 0 heterocycles. The van der Waals surface area contributed by atoms with Gasteiger partial charge in [-0.05, 0) is 24.8 Å². The molecule has 1 fully saturated rings. The Balaban J connectivity index is 1.77. The molecule has 2 N–H and O–H groups in total. The van der Waals surface area contributed by atoms with Gasteiger partial charge in [0, 0.05) is 18.8 Å². The normalized spacial score (nSPS) is 15.5. The van der Waals surface area contributed by atoms with Crippen molar-refractivity contribution in [2.75, 3.05) is 6.54 Å². The first kappa shape index (κ1) is 15.1. The third-order valence-corrected chi connectivity index (χ3v) is 3.73. The Morgan fingerprint density at radius 1 is 1.29 bits per heavy atom. The molecule has 1 aromatic carbocycles. The van der Waals surface area contributed by atoms with Gasteiger partial charge in [0.25, 0.3) is 5.91 Å². The second-order valence-electron chi connectivity index (χ2n) is 5.31. The first-order chi connectivity index (χ1) is 10.3. The van der Waals surface area contributed by atoms with E-state index in [0.717, 1.165) is 19.3 Å². The fraction of sp³-hybridized carbons (Fsp3) is 0.412. The molecule has 1 aromatic rings. The van der Waals surface area contributed by atoms with E-state index in [1.54, 1.807) is 6.20 Å². The van der Waals surface area contributed by atoms with Gasteiger partial charge < -0.3 is 10.6 Å². The smallest absolute Gasteiger partial charge is 0.263 e. The van der Waals surface area contributed by atoms with E-state index >= 15 is 0 Å². The summed E-state index contributed by atoms with van der Waals surface area (Å²) in [5.41, 5.74) is 1.32. The summed E-state index contributed by atoms with van der Waals surface area (Å²) in [6.07, 6.45) is 7.00. The lowest BCUT2D eigenvalue weighted by molar-refractivity contribution is -0.117. The topological polar surface area (TPSA) is 64.9 Å². The largest absolute Gasteiger partial charge is 0.387 e. The lowest BCUT2D eigenvalue weighted by atomic mass is 10.1. The Kier molecular flexibility index (Phi) is 5.83. The number of hydrogen-bond acceptors (Lipinski definition) is 3. The van der Waals surface area contributed by atoms with Crippen molar-refractivity contribution in [1.82, 2.24) is 10.6 Å². The van der Waals surface area contributed by atoms with Crippen molar-refractivity contribution in [3.8, 4) is 6.07 Å². The van der Waals surface area contributed by atoms with Crippen LogP contribution in [0.3, 0.4) is 0 Å². The number of rotatable bonds is 6. The van der Waals surface area contributed by atoms with Crippen molar-refractivity contribution < 1.29 is 4.79 Å². The molecular weight excluding hydrogens is 262 g/mol. The predicted octanol–water partition coefficient (Wildman–Crippen LogP) is 2.28. The summed E-state index contributed by atoms with van der Waals surface area (Å²) in [5, 5.41) is 15.0. The molecule has 4 nitrogen and oxygen atoms in total. The fourth-order valence-electron chi connectivity index (χ4n) is 2.50. The Bertz CT molecular complexity index is 525. The monoisotopic (exact) mass is 283 g/mol. The molecule has 1 aliphatic carbocycles. The second kappa shape index (κ2) is 8.11. The van der Waals surface area contributed by atoms with Crippen LogP contribution in [0.2, 0.25) is 0 Å². The minimum Gasteiger partial charge on any atom is -0.387 e. The third kappa shape index (κ3) is 4.96. The van der Waals surface area contributed by atoms with Crippen LogP contribution in [0.1, 0.15) is 31.2 Å². The first-order valence-electron chi connectivity index (χ1n) is 7.48. The number of hydrogen-bond donors (Lipinski definition) is 2. The number of nitriles is 1. The molecule has 1 aliphatic rings. The summed E-state index contributed by atoms with van der Waals surface area (Å²) in [4.78, 5) is 11.9. The molecule has 0 aromatic heterocycles. The van der Waals surface area contributed by atoms with E-state index in [1.807, 2.05) is 36.4 Å². The van der Waals surface area contributed by atoms with Gasteiger partial charge in [-0.1, -0.05) is 43.2 Å². The van der Waals surface area contributed by atoms with E-state index in [0.29, 0.717) is 12.6 Å². The Labute approximate surface area is 125 Å². The molecule has 0 radical (unpaired) electrons. The average molecular weight is 283 g/mol. The van der Waals surface area contributed by atoms with E-state index in [9.17, 15) is 4.79 Å². The summed E-state index contributed by atoms with van der Waals surface area (Å²) >= 11 is 0. The van der Waals surface area contributed by atoms with Crippen molar-refractivity contribution in [2.24, 2.45) is 0 Å². The van der Waals surface area contributed by atoms with Crippen LogP contribution >= 0.6 is 0 Å². The first-order valence-corrected chi connectivity index (χ1v) is 7.48. The number of benzene rings is 1. The molecule has 0 spiro atoms. The maximum absolute atomic E-state index is 11.9. The van der Waals surface area contributed by atoms with Gasteiger partial charge >= 0.3 is 0 Å². The summed E-state index contributed by atoms with van der Waals surface area (Å²) in [5.74, 6) is -0.307. The molecule has 1 saturated carbocycles. The lowest BCUT2D eigenvalue weighted by Crippen LogP contribution is -2.29. The van der Waals surface area contributed by atoms with Crippen LogP contribution in [-0.4, -0.2) is 18.5 Å². The van der Waals surface area contributed by atoms with Crippen LogP contribution in [0.5, 0.6) is 0 Å². The minimum absolute atomic E-state index is 0.148. The van der Waals surface area contributed by atoms with E-state index in [1.165, 1.54) is 18.4 Å². The predicted molar refractivity (Wildman–Crippen MR) is 82.2 cm³/mol. The van der Waals surface area contributed by atoms with Gasteiger partial charge in [-0.25, -0.2) is 0 Å². The van der Waals surface area contributed by atoms with Crippen molar-refractivity contribution in [1.29, 1.82) is 5.26 Å². The molecule has 2 rings (SSSR count). The SMILES string of the molecule is N#C/C(=C/NC1CCCC1)C(=O)NCCc1ccccc1. The van der Waals surface area contributed by atoms with Crippen LogP contribution in [0.25, 0.3) is 0 Å². The van der Waals surface area contributed by atoms with Crippen molar-refractivity contribution >= 4 is 5.91 Å². The van der Waals surface area contributed by atoms with Crippen molar-refractivity contribution in [3.05, 3.63) is 47.7 Å². The summed E-state index contributed by atoms with van der Waals surface area (Å²) in [7, 11) is 0. The van der Waals surface area contributed by atoms with Crippen LogP contribution in [0.4, 0.5) is 0 Å². The highest BCUT2D eigenvalue weighted by Crippen LogP contribution is 2.17. The van der Waals surface area contributed by atoms with Gasteiger partial charge in [0.1, 0.15) is 11.6 Å². The molecule has 1 amide bonds. The third-order valence-electron chi connectivity index (χ3n) is 3.73. The molecule has 0 atom stereocenters. The zero-order valence-electron chi connectivity index (χ0n) is 12.1. The van der Waals surface area contributed by atoms with Gasteiger partial charge in [-0.2, -0.15) is 5.26 Å². The van der Waals surface area contributed by atoms with Crippen LogP contribution in [0, 0.1) is 11.3 Å². The Morgan fingerprint density at radius 2 is 2.00 bits per heavy atom. The van der Waals surface area contributed by atoms with Gasteiger partial charge in [-0.15, -0.1) is 0 Å². The van der Waals surface area contributed by atoms with Gasteiger partial charge in [0.2, 0.25) is 0 Å². The van der Waals surface area contributed by atoms with Gasteiger partial charge in [0.05, 0.1) is 0 Å². The summed E-state index contributed by atoms with van der Waals surface area (Å²) in [6.45, 7) is 0.533. The minimum atomic E-state index is -0.307. The second-order valence-corrected chi connectivity index (χ2v) is 5.31. The fourth-order valence-corrected chi connectivity index (χ4v) is 2.50. The Morgan fingerprint density at radius 3 is 2.67 bits per heavy atom. The van der Waals surface area contributed by atoms with Crippen LogP contribution in [-0.2, 0) is 11.2 Å². The molecular formula is C17H21N3O. The number of amides is 1. The van der Waals surface area contributed by atoms with Crippen LogP contribution in [0.15, 0.2) is 42.1 Å². The quantitative estimate of drug-likeness (QED) is 0.622. The van der Waals surface area contributed by atoms with E-state index in [4.69, 9.17) is 5.26 Å². The number of nitrogens with one attached hydrogen (secondary N) is 2. The summed E-state index contributed by atoms with van der Waals surface area (Å²) < 4.78 is 0. The zero-order chi connectivity index (χ0) is 14.9. The maximum Gasteiger partial charge on any atom is 0.263 e. The Hall–Kier alpha value is -2.28. The average Bonchev–Trinajstić information content (AvgIpc) is 3.02. The molecule has 110 valence electrons. The highest BCUT2D eigenvalue weighted by molar-refractivity contribution is 5.97. The number of carbonyl (C=O) groups is 1. The molecule has 0 saturated heterocycles. The molecule has 4 heteroatoms. The van der Waals surface area contributed by atoms with E-state index in [2.05, 4.69) is 10.6 Å². The molecule has 0 bridgehead atoms. The molecule has 0 aliphatic heterocycles. The maximum atomic E-state index is 11.9. The molecule has 21 heavy (non-hydrogen) atoms. The standard InChI is InChI=1S/C17H21N3O/c18-12-15(13-20-16-8-4-5-9-16)17(21)19-11-10-14-6-2-1-3-7-14/h1-3,6-7,13,16,20H,4-5,8-11H2,(H,19,21)/b15-13-. The lowest BCUT2D eigenvalue weighted by Gasteiger charge is -2.09. The van der Waals surface area contributed by atoms with Gasteiger partial charge in [-0.3, -0.25) is 4.79 Å². The van der Waals surface area contributed by atoms with Gasteiger partial charge in [0.15, 0.2) is 0 Å². The molecule has 0 unspecified atom stereocenters. The van der Waals surface area contributed by atoms with E-state index < -0.39 is 0 Å². The zero-order valence-corrected chi connectivity index (χ0v) is 12.1. The summed E-state index contributed by atoms with van der Waals surface area (Å²) in [6, 6.07) is 12.3. The number of nitrogens with zero attached hydrogens (tertiary/aromatic N) is 1. The number of carbonyl (C=O) groups excluding carboxylic acids is 1. The van der Waals surface area contributed by atoms with Crippen LogP contribution < -0.4 is 10.6 Å². The van der Waals surface area contributed by atoms with E-state index in [-0.39, 0.29) is 11.5 Å². The highest BCUT2D eigenvalue weighted by atomic mass is 16.1. The van der Waals surface area contributed by atoms with Crippen molar-refractivity contribution in [3.63, 3.8) is 0 Å². The highest BCUT2D eigenvalue weighted by Gasteiger charge is 2.14. The van der Waals surface area contributed by atoms with Crippen molar-refractivity contribution in [2.45, 2.75) is 38.1 Å².